The van der Waals surface area contributed by atoms with Crippen LogP contribution in [0.5, 0.6) is 0 Å². The second-order valence-electron chi connectivity index (χ2n) is 7.04. The molecule has 0 spiro atoms. The SMILES string of the molecule is Cc1cc(C2CCCN(Cc3cc(F)c(CCl)c(F)c3)C2)n2ncnc2n1. The largest absolute Gasteiger partial charge is 0.298 e. The van der Waals surface area contributed by atoms with Crippen LogP contribution in [-0.4, -0.2) is 37.6 Å². The molecule has 0 N–H and O–H groups in total. The molecule has 0 radical (unpaired) electrons. The van der Waals surface area contributed by atoms with E-state index in [1.807, 2.05) is 13.0 Å². The maximum absolute atomic E-state index is 14.0. The minimum Gasteiger partial charge on any atom is -0.298 e. The van der Waals surface area contributed by atoms with E-state index in [0.29, 0.717) is 17.9 Å². The van der Waals surface area contributed by atoms with Crippen molar-refractivity contribution in [1.29, 1.82) is 0 Å². The molecule has 142 valence electrons. The number of likely N-dealkylation sites (tertiary alicyclic amines) is 1. The van der Waals surface area contributed by atoms with Gasteiger partial charge in [0, 0.05) is 30.3 Å². The summed E-state index contributed by atoms with van der Waals surface area (Å²) >= 11 is 5.61. The van der Waals surface area contributed by atoms with E-state index in [4.69, 9.17) is 11.6 Å². The number of piperidine rings is 1. The number of aryl methyl sites for hydroxylation is 1. The number of hydrogen-bond donors (Lipinski definition) is 0. The van der Waals surface area contributed by atoms with Gasteiger partial charge in [0.1, 0.15) is 18.0 Å². The van der Waals surface area contributed by atoms with Crippen LogP contribution >= 0.6 is 11.6 Å². The van der Waals surface area contributed by atoms with Crippen LogP contribution in [-0.2, 0) is 12.4 Å². The van der Waals surface area contributed by atoms with Crippen LogP contribution < -0.4 is 0 Å². The third-order valence-electron chi connectivity index (χ3n) is 5.07. The molecule has 1 unspecified atom stereocenters. The van der Waals surface area contributed by atoms with Gasteiger partial charge in [0.15, 0.2) is 0 Å². The fraction of sp³-hybridized carbons (Fsp3) is 0.421. The third-order valence-corrected chi connectivity index (χ3v) is 5.34. The third kappa shape index (κ3) is 3.66. The van der Waals surface area contributed by atoms with Crippen LogP contribution in [0.1, 0.15) is 41.3 Å². The Labute approximate surface area is 161 Å². The molecule has 5 nitrogen and oxygen atoms in total. The van der Waals surface area contributed by atoms with Crippen LogP contribution in [0.2, 0.25) is 0 Å². The van der Waals surface area contributed by atoms with Gasteiger partial charge in [-0.2, -0.15) is 10.1 Å². The first-order valence-electron chi connectivity index (χ1n) is 8.97. The van der Waals surface area contributed by atoms with Crippen LogP contribution in [0.3, 0.4) is 0 Å². The zero-order chi connectivity index (χ0) is 19.0. The molecule has 0 amide bonds. The number of rotatable bonds is 4. The molecule has 1 fully saturated rings. The Bertz CT molecular complexity index is 951. The average molecular weight is 392 g/mol. The maximum Gasteiger partial charge on any atom is 0.252 e. The van der Waals surface area contributed by atoms with Crippen molar-refractivity contribution in [3.8, 4) is 0 Å². The molecule has 1 aliphatic rings. The summed E-state index contributed by atoms with van der Waals surface area (Å²) < 4.78 is 29.8. The minimum absolute atomic E-state index is 0.0715. The second kappa shape index (κ2) is 7.48. The smallest absolute Gasteiger partial charge is 0.252 e. The summed E-state index contributed by atoms with van der Waals surface area (Å²) in [6.07, 6.45) is 3.55. The lowest BCUT2D eigenvalue weighted by Crippen LogP contribution is -2.34. The van der Waals surface area contributed by atoms with Crippen LogP contribution in [0.4, 0.5) is 8.78 Å². The summed E-state index contributed by atoms with van der Waals surface area (Å²) in [6.45, 7) is 4.13. The highest BCUT2D eigenvalue weighted by Crippen LogP contribution is 2.28. The monoisotopic (exact) mass is 391 g/mol. The molecule has 3 aromatic rings. The van der Waals surface area contributed by atoms with Crippen molar-refractivity contribution in [1.82, 2.24) is 24.5 Å². The Kier molecular flexibility index (Phi) is 5.06. The Morgan fingerprint density at radius 2 is 2.00 bits per heavy atom. The van der Waals surface area contributed by atoms with Crippen LogP contribution in [0, 0.1) is 18.6 Å². The van der Waals surface area contributed by atoms with Crippen molar-refractivity contribution < 1.29 is 8.78 Å². The molecular formula is C19H20ClF2N5. The Morgan fingerprint density at radius 3 is 2.74 bits per heavy atom. The van der Waals surface area contributed by atoms with Crippen LogP contribution in [0.15, 0.2) is 24.5 Å². The predicted octanol–water partition coefficient (Wildman–Crippen LogP) is 3.83. The molecule has 1 atom stereocenters. The molecule has 0 aliphatic carbocycles. The van der Waals surface area contributed by atoms with Gasteiger partial charge in [0.25, 0.3) is 5.78 Å². The van der Waals surface area contributed by atoms with Crippen LogP contribution in [0.25, 0.3) is 5.78 Å². The molecule has 0 saturated carbocycles. The van der Waals surface area contributed by atoms with E-state index < -0.39 is 11.6 Å². The van der Waals surface area contributed by atoms with Crippen molar-refractivity contribution in [3.63, 3.8) is 0 Å². The molecule has 3 heterocycles. The highest BCUT2D eigenvalue weighted by molar-refractivity contribution is 6.17. The highest BCUT2D eigenvalue weighted by Gasteiger charge is 2.25. The van der Waals surface area contributed by atoms with Crippen molar-refractivity contribution in [2.75, 3.05) is 13.1 Å². The number of alkyl halides is 1. The van der Waals surface area contributed by atoms with E-state index in [1.54, 1.807) is 4.52 Å². The lowest BCUT2D eigenvalue weighted by Gasteiger charge is -2.33. The van der Waals surface area contributed by atoms with E-state index in [2.05, 4.69) is 20.0 Å². The maximum atomic E-state index is 14.0. The van der Waals surface area contributed by atoms with Gasteiger partial charge < -0.3 is 0 Å². The first-order chi connectivity index (χ1) is 13.0. The average Bonchev–Trinajstić information content (AvgIpc) is 3.09. The zero-order valence-electron chi connectivity index (χ0n) is 15.0. The number of halogens is 3. The molecular weight excluding hydrogens is 372 g/mol. The van der Waals surface area contributed by atoms with Gasteiger partial charge in [-0.05, 0) is 50.1 Å². The van der Waals surface area contributed by atoms with E-state index in [-0.39, 0.29) is 17.4 Å². The topological polar surface area (TPSA) is 46.3 Å². The quantitative estimate of drug-likeness (QED) is 0.634. The van der Waals surface area contributed by atoms with E-state index in [0.717, 1.165) is 37.3 Å². The van der Waals surface area contributed by atoms with Gasteiger partial charge in [-0.3, -0.25) is 4.90 Å². The molecule has 27 heavy (non-hydrogen) atoms. The van der Waals surface area contributed by atoms with Crippen molar-refractivity contribution in [3.05, 3.63) is 58.7 Å². The summed E-state index contributed by atoms with van der Waals surface area (Å²) in [5.41, 5.74) is 2.53. The predicted molar refractivity (Wildman–Crippen MR) is 98.7 cm³/mol. The lowest BCUT2D eigenvalue weighted by molar-refractivity contribution is 0.197. The van der Waals surface area contributed by atoms with Gasteiger partial charge in [0.05, 0.1) is 11.6 Å². The molecule has 8 heteroatoms. The number of hydrogen-bond acceptors (Lipinski definition) is 4. The van der Waals surface area contributed by atoms with Gasteiger partial charge in [0.2, 0.25) is 0 Å². The van der Waals surface area contributed by atoms with E-state index in [1.165, 1.54) is 18.5 Å². The van der Waals surface area contributed by atoms with E-state index >= 15 is 0 Å². The van der Waals surface area contributed by atoms with E-state index in [9.17, 15) is 8.78 Å². The standard InChI is InChI=1S/C19H20ClF2N5/c1-12-5-18(27-19(25-12)23-11-24-27)14-3-2-4-26(10-14)9-13-6-16(21)15(8-20)17(22)7-13/h5-7,11,14H,2-4,8-10H2,1H3. The highest BCUT2D eigenvalue weighted by atomic mass is 35.5. The number of benzene rings is 1. The molecule has 1 saturated heterocycles. The van der Waals surface area contributed by atoms with Gasteiger partial charge in [-0.1, -0.05) is 0 Å². The summed E-state index contributed by atoms with van der Waals surface area (Å²) in [5, 5.41) is 4.30. The summed E-state index contributed by atoms with van der Waals surface area (Å²) in [5.74, 6) is -0.464. The zero-order valence-corrected chi connectivity index (χ0v) is 15.8. The first kappa shape index (κ1) is 18.3. The van der Waals surface area contributed by atoms with Crippen molar-refractivity contribution >= 4 is 17.4 Å². The Hall–Kier alpha value is -2.12. The number of nitrogens with zero attached hydrogens (tertiary/aromatic N) is 5. The normalized spacial score (nSPS) is 18.3. The molecule has 0 bridgehead atoms. The molecule has 2 aromatic heterocycles. The Morgan fingerprint density at radius 1 is 1.22 bits per heavy atom. The number of aromatic nitrogens is 4. The van der Waals surface area contributed by atoms with Crippen molar-refractivity contribution in [2.45, 2.75) is 38.1 Å². The van der Waals surface area contributed by atoms with Gasteiger partial charge in [-0.25, -0.2) is 18.3 Å². The van der Waals surface area contributed by atoms with Gasteiger partial charge >= 0.3 is 0 Å². The van der Waals surface area contributed by atoms with Gasteiger partial charge in [-0.15, -0.1) is 11.6 Å². The molecule has 1 aliphatic heterocycles. The summed E-state index contributed by atoms with van der Waals surface area (Å²) in [7, 11) is 0. The first-order valence-corrected chi connectivity index (χ1v) is 9.51. The summed E-state index contributed by atoms with van der Waals surface area (Å²) in [4.78, 5) is 10.8. The lowest BCUT2D eigenvalue weighted by atomic mass is 9.93. The molecule has 4 rings (SSSR count). The summed E-state index contributed by atoms with van der Waals surface area (Å²) in [6, 6.07) is 4.82. The number of fused-ring (bicyclic) bond motifs is 1. The Balaban J connectivity index is 1.56. The minimum atomic E-state index is -0.581. The van der Waals surface area contributed by atoms with Crippen molar-refractivity contribution in [2.24, 2.45) is 0 Å². The molecule has 1 aromatic carbocycles. The second-order valence-corrected chi connectivity index (χ2v) is 7.31. The fourth-order valence-electron chi connectivity index (χ4n) is 3.82. The fourth-order valence-corrected chi connectivity index (χ4v) is 4.08.